The van der Waals surface area contributed by atoms with Gasteiger partial charge in [0.15, 0.2) is 0 Å². The topological polar surface area (TPSA) is 130 Å². The average Bonchev–Trinajstić information content (AvgIpc) is 2.80. The molecule has 31 heavy (non-hydrogen) atoms. The van der Waals surface area contributed by atoms with Crippen molar-refractivity contribution in [2.75, 3.05) is 48.4 Å². The monoisotopic (exact) mass is 556 g/mol. The lowest BCUT2D eigenvalue weighted by atomic mass is 10.4. The molecule has 0 saturated carbocycles. The standard InChI is InChI=1S/C8H10ClO3PS.C5H10NO3PS.C2H6O3P/c1-11-13(10,12-2)14-8-5-3-7(9)4-6-8;1-8-10(7,9-2)11-5-3-4-6;1-4-6(3)5-2/h3-6H,1-2H3;3,5H2,1-2H3;1-2H3/q;;+1. The third-order valence-electron chi connectivity index (χ3n) is 2.69. The number of hydrogen-bond acceptors (Lipinski definition) is 12. The smallest absolute Gasteiger partial charge is 0.304 e. The predicted molar refractivity (Wildman–Crippen MR) is 125 cm³/mol. The van der Waals surface area contributed by atoms with E-state index in [2.05, 4.69) is 18.1 Å². The van der Waals surface area contributed by atoms with E-state index in [1.165, 1.54) is 42.7 Å². The van der Waals surface area contributed by atoms with Gasteiger partial charge in [-0.05, 0) is 47.0 Å². The lowest BCUT2D eigenvalue weighted by Crippen LogP contribution is -1.85. The summed E-state index contributed by atoms with van der Waals surface area (Å²) in [7, 11) is 6.17. The first-order valence-corrected chi connectivity index (χ1v) is 15.6. The lowest BCUT2D eigenvalue weighted by Gasteiger charge is -2.11. The normalized spacial score (nSPS) is 10.8. The molecule has 0 atom stereocenters. The van der Waals surface area contributed by atoms with E-state index in [1.54, 1.807) is 24.3 Å². The minimum absolute atomic E-state index is 0.349. The fourth-order valence-corrected chi connectivity index (χ4v) is 6.25. The summed E-state index contributed by atoms with van der Waals surface area (Å²) in [5.74, 6) is 0.468. The quantitative estimate of drug-likeness (QED) is 0.210. The molecule has 0 saturated heterocycles. The van der Waals surface area contributed by atoms with E-state index in [-0.39, 0.29) is 0 Å². The summed E-state index contributed by atoms with van der Waals surface area (Å²) < 4.78 is 60.0. The zero-order valence-corrected chi connectivity index (χ0v) is 23.0. The van der Waals surface area contributed by atoms with Gasteiger partial charge in [-0.2, -0.15) is 5.26 Å². The second-order valence-corrected chi connectivity index (χ2v) is 14.7. The van der Waals surface area contributed by atoms with Crippen LogP contribution in [0.2, 0.25) is 5.02 Å². The number of nitrogens with zero attached hydrogens (tertiary/aromatic N) is 1. The highest BCUT2D eigenvalue weighted by molar-refractivity contribution is 8.55. The van der Waals surface area contributed by atoms with E-state index >= 15 is 0 Å². The molecule has 1 aromatic rings. The van der Waals surface area contributed by atoms with E-state index < -0.39 is 21.9 Å². The van der Waals surface area contributed by atoms with Crippen molar-refractivity contribution in [2.24, 2.45) is 0 Å². The Morgan fingerprint density at radius 2 is 1.39 bits per heavy atom. The molecule has 0 aliphatic heterocycles. The Morgan fingerprint density at radius 3 is 1.71 bits per heavy atom. The van der Waals surface area contributed by atoms with Gasteiger partial charge in [0.05, 0.1) is 20.3 Å². The number of nitriles is 1. The maximum absolute atomic E-state index is 11.7. The van der Waals surface area contributed by atoms with Gasteiger partial charge in [0.25, 0.3) is 0 Å². The van der Waals surface area contributed by atoms with E-state index in [0.29, 0.717) is 17.2 Å². The maximum atomic E-state index is 11.7. The van der Waals surface area contributed by atoms with E-state index in [4.69, 9.17) is 25.9 Å². The summed E-state index contributed by atoms with van der Waals surface area (Å²) in [4.78, 5) is 0.793. The molecule has 16 heteroatoms. The highest BCUT2D eigenvalue weighted by Crippen LogP contribution is 2.62. The van der Waals surface area contributed by atoms with Gasteiger partial charge in [-0.3, -0.25) is 0 Å². The molecule has 1 rings (SSSR count). The fourth-order valence-electron chi connectivity index (χ4n) is 1.23. The third kappa shape index (κ3) is 17.2. The van der Waals surface area contributed by atoms with Crippen molar-refractivity contribution >= 4 is 56.2 Å². The van der Waals surface area contributed by atoms with Crippen LogP contribution in [0.25, 0.3) is 0 Å². The second-order valence-electron chi connectivity index (χ2n) is 4.50. The predicted octanol–water partition coefficient (Wildman–Crippen LogP) is 6.80. The molecular weight excluding hydrogens is 531 g/mol. The minimum Gasteiger partial charge on any atom is -0.304 e. The first-order chi connectivity index (χ1) is 14.6. The van der Waals surface area contributed by atoms with Gasteiger partial charge in [-0.25, -0.2) is 9.13 Å². The van der Waals surface area contributed by atoms with Crippen LogP contribution >= 0.6 is 56.2 Å². The number of rotatable bonds is 11. The van der Waals surface area contributed by atoms with Gasteiger partial charge in [-0.15, -0.1) is 9.05 Å². The molecule has 178 valence electrons. The molecule has 0 radical (unpaired) electrons. The van der Waals surface area contributed by atoms with Crippen LogP contribution in [-0.4, -0.2) is 48.4 Å². The first-order valence-electron chi connectivity index (χ1n) is 8.04. The van der Waals surface area contributed by atoms with Crippen LogP contribution in [0.15, 0.2) is 29.2 Å². The molecule has 0 fully saturated rings. The van der Waals surface area contributed by atoms with Crippen LogP contribution in [0.5, 0.6) is 0 Å². The largest absolute Gasteiger partial charge is 0.696 e. The van der Waals surface area contributed by atoms with Crippen LogP contribution < -0.4 is 0 Å². The second kappa shape index (κ2) is 19.5. The summed E-state index contributed by atoms with van der Waals surface area (Å²) in [5, 5.41) is 8.81. The third-order valence-corrected chi connectivity index (χ3v) is 11.3. The molecule has 0 amide bonds. The molecule has 0 unspecified atom stereocenters. The molecule has 0 aliphatic carbocycles. The van der Waals surface area contributed by atoms with Crippen LogP contribution in [0, 0.1) is 11.3 Å². The summed E-state index contributed by atoms with van der Waals surface area (Å²) in [6, 6.07) is 8.90. The molecule has 0 heterocycles. The Labute approximate surface area is 197 Å². The summed E-state index contributed by atoms with van der Waals surface area (Å²) >= 11 is 7.80. The molecule has 1 aromatic carbocycles. The Hall–Kier alpha value is 0.0200. The lowest BCUT2D eigenvalue weighted by molar-refractivity contribution is 0.294. The van der Waals surface area contributed by atoms with Crippen molar-refractivity contribution in [2.45, 2.75) is 11.3 Å². The molecular formula is C15H26ClNO9P3S2+. The number of halogens is 1. The molecule has 0 aliphatic rings. The van der Waals surface area contributed by atoms with Gasteiger partial charge in [0.1, 0.15) is 0 Å². The van der Waals surface area contributed by atoms with Crippen LogP contribution in [0.1, 0.15) is 6.42 Å². The summed E-state index contributed by atoms with van der Waals surface area (Å²) in [6.45, 7) is -5.99. The van der Waals surface area contributed by atoms with Crippen LogP contribution in [0.3, 0.4) is 0 Å². The van der Waals surface area contributed by atoms with Gasteiger partial charge < -0.3 is 18.1 Å². The van der Waals surface area contributed by atoms with E-state index in [0.717, 1.165) is 27.7 Å². The Bertz CT molecular complexity index is 743. The van der Waals surface area contributed by atoms with Gasteiger partial charge in [0, 0.05) is 55.1 Å². The molecule has 0 spiro atoms. The van der Waals surface area contributed by atoms with Gasteiger partial charge >= 0.3 is 21.9 Å². The fraction of sp³-hybridized carbons (Fsp3) is 0.533. The SMILES string of the molecule is COP(=O)(OC)SCCC#N.COP(=O)(OC)Sc1ccc(Cl)cc1.CO[P+](=O)OC. The summed E-state index contributed by atoms with van der Waals surface area (Å²) in [6.07, 6.45) is 0.349. The first kappa shape index (κ1) is 33.2. The highest BCUT2D eigenvalue weighted by Gasteiger charge is 2.23. The molecule has 0 bridgehead atoms. The molecule has 0 aromatic heterocycles. The maximum Gasteiger partial charge on any atom is 0.696 e. The van der Waals surface area contributed by atoms with Gasteiger partial charge in [-0.1, -0.05) is 11.6 Å². The Kier molecular flexibility index (Phi) is 20.9. The van der Waals surface area contributed by atoms with Crippen molar-refractivity contribution in [3.63, 3.8) is 0 Å². The molecule has 10 nitrogen and oxygen atoms in total. The Morgan fingerprint density at radius 1 is 0.935 bits per heavy atom. The minimum atomic E-state index is -3.04. The number of benzene rings is 1. The van der Waals surface area contributed by atoms with Crippen LogP contribution in [0.4, 0.5) is 0 Å². The van der Waals surface area contributed by atoms with Crippen LogP contribution in [-0.2, 0) is 40.8 Å². The van der Waals surface area contributed by atoms with Crippen molar-refractivity contribution < 1.29 is 40.8 Å². The van der Waals surface area contributed by atoms with E-state index in [1.807, 2.05) is 6.07 Å². The van der Waals surface area contributed by atoms with E-state index in [9.17, 15) is 13.7 Å². The van der Waals surface area contributed by atoms with Gasteiger partial charge in [0.2, 0.25) is 0 Å². The zero-order valence-electron chi connectivity index (χ0n) is 17.9. The Balaban J connectivity index is 0. The van der Waals surface area contributed by atoms with Crippen molar-refractivity contribution in [3.05, 3.63) is 29.3 Å². The van der Waals surface area contributed by atoms with Crippen molar-refractivity contribution in [3.8, 4) is 6.07 Å². The average molecular weight is 557 g/mol. The number of hydrogen-bond donors (Lipinski definition) is 0. The van der Waals surface area contributed by atoms with Crippen molar-refractivity contribution in [1.29, 1.82) is 5.26 Å². The highest BCUT2D eigenvalue weighted by atomic mass is 35.5. The molecule has 0 N–H and O–H groups in total. The summed E-state index contributed by atoms with van der Waals surface area (Å²) in [5.41, 5.74) is 0. The van der Waals surface area contributed by atoms with Crippen molar-refractivity contribution in [1.82, 2.24) is 0 Å². The zero-order chi connectivity index (χ0) is 24.3.